The molecule has 1 saturated carbocycles. The van der Waals surface area contributed by atoms with Gasteiger partial charge in [-0.2, -0.15) is 5.26 Å². The number of nitro groups is 1. The topological polar surface area (TPSA) is 105 Å². The fraction of sp³-hybridized carbons (Fsp3) is 0.391. The average molecular weight is 407 g/mol. The molecule has 2 aromatic rings. The van der Waals surface area contributed by atoms with Gasteiger partial charge < -0.3 is 10.1 Å². The number of amides is 1. The van der Waals surface area contributed by atoms with Crippen LogP contribution in [0.1, 0.15) is 56.6 Å². The molecule has 0 aliphatic heterocycles. The number of carbonyl (C=O) groups excluding carboxylic acids is 1. The van der Waals surface area contributed by atoms with Crippen molar-refractivity contribution in [1.82, 2.24) is 0 Å². The first-order valence-corrected chi connectivity index (χ1v) is 10.2. The molecule has 1 aliphatic rings. The van der Waals surface area contributed by atoms with Crippen molar-refractivity contribution < 1.29 is 14.5 Å². The van der Waals surface area contributed by atoms with Gasteiger partial charge in [-0.1, -0.05) is 38.3 Å². The van der Waals surface area contributed by atoms with Crippen LogP contribution >= 0.6 is 0 Å². The quantitative estimate of drug-likeness (QED) is 0.508. The van der Waals surface area contributed by atoms with Gasteiger partial charge in [-0.3, -0.25) is 14.9 Å². The SMILES string of the molecule is CCCOc1ccc(NC(=O)C2(c3ccc([N+](=O)[O-])cc3)CCCCC2)cc1C#N. The molecule has 0 radical (unpaired) electrons. The summed E-state index contributed by atoms with van der Waals surface area (Å²) in [6, 6.07) is 13.4. The number of carbonyl (C=O) groups is 1. The van der Waals surface area contributed by atoms with Crippen molar-refractivity contribution in [1.29, 1.82) is 5.26 Å². The lowest BCUT2D eigenvalue weighted by molar-refractivity contribution is -0.384. The maximum atomic E-state index is 13.4. The van der Waals surface area contributed by atoms with Gasteiger partial charge in [0.25, 0.3) is 5.69 Å². The van der Waals surface area contributed by atoms with Crippen LogP contribution in [0.15, 0.2) is 42.5 Å². The Morgan fingerprint density at radius 2 is 1.90 bits per heavy atom. The summed E-state index contributed by atoms with van der Waals surface area (Å²) in [6.45, 7) is 2.51. The monoisotopic (exact) mass is 407 g/mol. The average Bonchev–Trinajstić information content (AvgIpc) is 2.78. The first kappa shape index (κ1) is 21.3. The number of nitro benzene ring substituents is 1. The second kappa shape index (κ2) is 9.40. The molecule has 0 saturated heterocycles. The Morgan fingerprint density at radius 1 is 1.20 bits per heavy atom. The van der Waals surface area contributed by atoms with Gasteiger partial charge in [-0.25, -0.2) is 0 Å². The molecule has 156 valence electrons. The maximum absolute atomic E-state index is 13.4. The third-order valence-corrected chi connectivity index (χ3v) is 5.59. The highest BCUT2D eigenvalue weighted by Crippen LogP contribution is 2.41. The van der Waals surface area contributed by atoms with Crippen LogP contribution in [0.4, 0.5) is 11.4 Å². The highest BCUT2D eigenvalue weighted by molar-refractivity contribution is 5.99. The van der Waals surface area contributed by atoms with Crippen LogP contribution in [0, 0.1) is 21.4 Å². The van der Waals surface area contributed by atoms with Gasteiger partial charge in [-0.05, 0) is 43.0 Å². The van der Waals surface area contributed by atoms with Crippen molar-refractivity contribution in [3.05, 3.63) is 63.7 Å². The van der Waals surface area contributed by atoms with E-state index in [9.17, 15) is 20.2 Å². The van der Waals surface area contributed by atoms with Crippen molar-refractivity contribution in [2.75, 3.05) is 11.9 Å². The molecule has 30 heavy (non-hydrogen) atoms. The second-order valence-corrected chi connectivity index (χ2v) is 7.57. The third-order valence-electron chi connectivity index (χ3n) is 5.59. The van der Waals surface area contributed by atoms with Crippen LogP contribution in [-0.2, 0) is 10.2 Å². The molecule has 0 aromatic heterocycles. The van der Waals surface area contributed by atoms with E-state index in [-0.39, 0.29) is 11.6 Å². The number of anilines is 1. The summed E-state index contributed by atoms with van der Waals surface area (Å²) in [7, 11) is 0. The van der Waals surface area contributed by atoms with Crippen LogP contribution in [0.3, 0.4) is 0 Å². The molecule has 0 spiro atoms. The molecule has 7 nitrogen and oxygen atoms in total. The van der Waals surface area contributed by atoms with Crippen molar-refractivity contribution in [2.24, 2.45) is 0 Å². The maximum Gasteiger partial charge on any atom is 0.269 e. The number of hydrogen-bond donors (Lipinski definition) is 1. The summed E-state index contributed by atoms with van der Waals surface area (Å²) in [6.07, 6.45) is 5.08. The molecule has 3 rings (SSSR count). The summed E-state index contributed by atoms with van der Waals surface area (Å²) < 4.78 is 5.58. The van der Waals surface area contributed by atoms with E-state index in [2.05, 4.69) is 11.4 Å². The number of benzene rings is 2. The zero-order valence-electron chi connectivity index (χ0n) is 17.0. The Kier molecular flexibility index (Phi) is 6.68. The van der Waals surface area contributed by atoms with Gasteiger partial charge in [0.2, 0.25) is 5.91 Å². The first-order chi connectivity index (χ1) is 14.5. The number of nitrogens with zero attached hydrogens (tertiary/aromatic N) is 2. The number of non-ortho nitro benzene ring substituents is 1. The second-order valence-electron chi connectivity index (χ2n) is 7.57. The normalized spacial score (nSPS) is 15.1. The van der Waals surface area contributed by atoms with E-state index in [4.69, 9.17) is 4.74 Å². The minimum atomic E-state index is -0.739. The van der Waals surface area contributed by atoms with Gasteiger partial charge in [-0.15, -0.1) is 0 Å². The molecule has 0 heterocycles. The fourth-order valence-corrected chi connectivity index (χ4v) is 3.99. The summed E-state index contributed by atoms with van der Waals surface area (Å²) in [5.41, 5.74) is 0.957. The summed E-state index contributed by atoms with van der Waals surface area (Å²) in [4.78, 5) is 24.0. The van der Waals surface area contributed by atoms with Crippen molar-refractivity contribution in [3.8, 4) is 11.8 Å². The van der Waals surface area contributed by atoms with Gasteiger partial charge >= 0.3 is 0 Å². The van der Waals surface area contributed by atoms with Gasteiger partial charge in [0.05, 0.1) is 22.5 Å². The highest BCUT2D eigenvalue weighted by atomic mass is 16.6. The minimum absolute atomic E-state index is 0.00597. The van der Waals surface area contributed by atoms with E-state index in [1.807, 2.05) is 6.92 Å². The van der Waals surface area contributed by atoms with Crippen LogP contribution in [0.2, 0.25) is 0 Å². The lowest BCUT2D eigenvalue weighted by atomic mass is 9.68. The summed E-state index contributed by atoms with van der Waals surface area (Å²) in [5, 5.41) is 23.4. The summed E-state index contributed by atoms with van der Waals surface area (Å²) in [5.74, 6) is 0.349. The zero-order valence-corrected chi connectivity index (χ0v) is 17.0. The third kappa shape index (κ3) is 4.43. The molecule has 1 aliphatic carbocycles. The number of nitrogens with one attached hydrogen (secondary N) is 1. The highest BCUT2D eigenvalue weighted by Gasteiger charge is 2.41. The molecule has 0 unspecified atom stereocenters. The smallest absolute Gasteiger partial charge is 0.269 e. The van der Waals surface area contributed by atoms with Gasteiger partial charge in [0, 0.05) is 17.8 Å². The molecule has 0 bridgehead atoms. The molecule has 1 N–H and O–H groups in total. The minimum Gasteiger partial charge on any atom is -0.492 e. The number of rotatable bonds is 7. The molecule has 7 heteroatoms. The van der Waals surface area contributed by atoms with Gasteiger partial charge in [0.15, 0.2) is 0 Å². The van der Waals surface area contributed by atoms with Gasteiger partial charge in [0.1, 0.15) is 11.8 Å². The Labute approximate surface area is 175 Å². The molecule has 1 fully saturated rings. The number of ether oxygens (including phenoxy) is 1. The largest absolute Gasteiger partial charge is 0.492 e. The van der Waals surface area contributed by atoms with E-state index in [1.165, 1.54) is 12.1 Å². The molecular formula is C23H25N3O4. The Morgan fingerprint density at radius 3 is 2.50 bits per heavy atom. The van der Waals surface area contributed by atoms with E-state index < -0.39 is 10.3 Å². The van der Waals surface area contributed by atoms with E-state index >= 15 is 0 Å². The lowest BCUT2D eigenvalue weighted by Crippen LogP contribution is -2.42. The van der Waals surface area contributed by atoms with Crippen LogP contribution < -0.4 is 10.1 Å². The Hall–Kier alpha value is -3.40. The predicted molar refractivity (Wildman–Crippen MR) is 113 cm³/mol. The molecule has 0 atom stereocenters. The standard InChI is InChI=1S/C23H25N3O4/c1-2-14-30-21-11-8-19(15-17(21)16-24)25-22(27)23(12-4-3-5-13-23)18-6-9-20(10-7-18)26(28)29/h6-11,15H,2-5,12-14H2,1H3,(H,25,27). The Bertz CT molecular complexity index is 957. The molecular weight excluding hydrogens is 382 g/mol. The fourth-order valence-electron chi connectivity index (χ4n) is 3.99. The Balaban J connectivity index is 1.87. The van der Waals surface area contributed by atoms with E-state index in [0.717, 1.165) is 31.2 Å². The number of hydrogen-bond acceptors (Lipinski definition) is 5. The molecule has 2 aromatic carbocycles. The summed E-state index contributed by atoms with van der Waals surface area (Å²) >= 11 is 0. The predicted octanol–water partition coefficient (Wildman–Crippen LogP) is 5.10. The van der Waals surface area contributed by atoms with Crippen molar-refractivity contribution in [2.45, 2.75) is 50.9 Å². The van der Waals surface area contributed by atoms with E-state index in [1.54, 1.807) is 30.3 Å². The van der Waals surface area contributed by atoms with Crippen LogP contribution in [0.5, 0.6) is 5.75 Å². The number of nitriles is 1. The lowest BCUT2D eigenvalue weighted by Gasteiger charge is -2.36. The van der Waals surface area contributed by atoms with Crippen molar-refractivity contribution in [3.63, 3.8) is 0 Å². The molecule has 1 amide bonds. The van der Waals surface area contributed by atoms with E-state index in [0.29, 0.717) is 36.4 Å². The van der Waals surface area contributed by atoms with Crippen molar-refractivity contribution >= 4 is 17.3 Å². The van der Waals surface area contributed by atoms with Crippen LogP contribution in [-0.4, -0.2) is 17.4 Å². The first-order valence-electron chi connectivity index (χ1n) is 10.2. The zero-order chi connectivity index (χ0) is 21.6. The van der Waals surface area contributed by atoms with Crippen LogP contribution in [0.25, 0.3) is 0 Å².